The fraction of sp³-hybridized carbons (Fsp3) is 0.462. The van der Waals surface area contributed by atoms with Crippen molar-refractivity contribution >= 4 is 5.91 Å². The molecule has 4 nitrogen and oxygen atoms in total. The molecule has 1 aromatic carbocycles. The third kappa shape index (κ3) is 4.44. The van der Waals surface area contributed by atoms with Gasteiger partial charge in [0.25, 0.3) is 0 Å². The molecule has 0 bridgehead atoms. The van der Waals surface area contributed by atoms with Crippen LogP contribution in [0.25, 0.3) is 0 Å². The Hall–Kier alpha value is -1.55. The van der Waals surface area contributed by atoms with Gasteiger partial charge >= 0.3 is 0 Å². The van der Waals surface area contributed by atoms with E-state index in [9.17, 15) is 4.79 Å². The fourth-order valence-electron chi connectivity index (χ4n) is 1.65. The predicted octanol–water partition coefficient (Wildman–Crippen LogP) is 1.01. The van der Waals surface area contributed by atoms with Gasteiger partial charge in [0.2, 0.25) is 5.91 Å². The summed E-state index contributed by atoms with van der Waals surface area (Å²) in [5.74, 6) is 0.862. The van der Waals surface area contributed by atoms with Gasteiger partial charge in [-0.3, -0.25) is 4.79 Å². The highest BCUT2D eigenvalue weighted by molar-refractivity contribution is 5.76. The summed E-state index contributed by atoms with van der Waals surface area (Å²) >= 11 is 0. The third-order valence-electron chi connectivity index (χ3n) is 2.52. The number of amides is 1. The summed E-state index contributed by atoms with van der Waals surface area (Å²) in [6.45, 7) is 3.03. The van der Waals surface area contributed by atoms with Crippen molar-refractivity contribution in [1.29, 1.82) is 0 Å². The first-order valence-corrected chi connectivity index (χ1v) is 5.77. The van der Waals surface area contributed by atoms with Crippen molar-refractivity contribution in [3.05, 3.63) is 29.3 Å². The average Bonchev–Trinajstić information content (AvgIpc) is 2.34. The molecule has 0 aromatic heterocycles. The van der Waals surface area contributed by atoms with Crippen LogP contribution in [-0.4, -0.2) is 26.1 Å². The molecule has 17 heavy (non-hydrogen) atoms. The summed E-state index contributed by atoms with van der Waals surface area (Å²) in [4.78, 5) is 11.5. The van der Waals surface area contributed by atoms with Gasteiger partial charge in [-0.2, -0.15) is 0 Å². The molecule has 94 valence electrons. The van der Waals surface area contributed by atoms with Crippen LogP contribution >= 0.6 is 0 Å². The molecule has 0 saturated carbocycles. The molecule has 1 rings (SSSR count). The Labute approximate surface area is 102 Å². The highest BCUT2D eigenvalue weighted by Crippen LogP contribution is 2.20. The number of aryl methyl sites for hydroxylation is 2. The van der Waals surface area contributed by atoms with Crippen molar-refractivity contribution in [2.75, 3.05) is 20.2 Å². The van der Waals surface area contributed by atoms with E-state index in [1.165, 1.54) is 5.56 Å². The molecule has 0 aliphatic heterocycles. The van der Waals surface area contributed by atoms with Crippen molar-refractivity contribution in [2.24, 2.45) is 5.73 Å². The van der Waals surface area contributed by atoms with Crippen LogP contribution in [0, 0.1) is 6.92 Å². The molecular weight excluding hydrogens is 216 g/mol. The molecule has 1 amide bonds. The third-order valence-corrected chi connectivity index (χ3v) is 2.52. The zero-order valence-corrected chi connectivity index (χ0v) is 10.5. The van der Waals surface area contributed by atoms with Crippen LogP contribution < -0.4 is 15.8 Å². The Morgan fingerprint density at radius 2 is 2.24 bits per heavy atom. The van der Waals surface area contributed by atoms with Crippen molar-refractivity contribution in [1.82, 2.24) is 5.32 Å². The first-order chi connectivity index (χ1) is 8.17. The Morgan fingerprint density at radius 1 is 1.47 bits per heavy atom. The standard InChI is InChI=1S/C13H20N2O2/c1-10-3-5-12(17-2)11(9-10)4-6-13(16)15-8-7-14/h3,5,9H,4,6-8,14H2,1-2H3,(H,15,16). The lowest BCUT2D eigenvalue weighted by atomic mass is 10.1. The second-order valence-corrected chi connectivity index (χ2v) is 3.95. The van der Waals surface area contributed by atoms with E-state index < -0.39 is 0 Å². The normalized spacial score (nSPS) is 10.1. The van der Waals surface area contributed by atoms with Crippen molar-refractivity contribution < 1.29 is 9.53 Å². The maximum absolute atomic E-state index is 11.5. The second kappa shape index (κ2) is 6.91. The molecule has 0 aliphatic carbocycles. The van der Waals surface area contributed by atoms with Crippen LogP contribution in [0.4, 0.5) is 0 Å². The summed E-state index contributed by atoms with van der Waals surface area (Å²) in [5.41, 5.74) is 7.55. The Bertz CT molecular complexity index is 378. The number of benzene rings is 1. The van der Waals surface area contributed by atoms with E-state index in [2.05, 4.69) is 11.4 Å². The fourth-order valence-corrected chi connectivity index (χ4v) is 1.65. The summed E-state index contributed by atoms with van der Waals surface area (Å²) in [6.07, 6.45) is 1.14. The molecule has 0 saturated heterocycles. The Kier molecular flexibility index (Phi) is 5.49. The zero-order valence-electron chi connectivity index (χ0n) is 10.5. The monoisotopic (exact) mass is 236 g/mol. The van der Waals surface area contributed by atoms with Crippen LogP contribution in [0.3, 0.4) is 0 Å². The molecule has 0 radical (unpaired) electrons. The smallest absolute Gasteiger partial charge is 0.220 e. The van der Waals surface area contributed by atoms with Gasteiger partial charge in [-0.05, 0) is 25.0 Å². The number of carbonyl (C=O) groups is 1. The van der Waals surface area contributed by atoms with E-state index in [0.29, 0.717) is 25.9 Å². The molecule has 3 N–H and O–H groups in total. The van der Waals surface area contributed by atoms with E-state index in [1.54, 1.807) is 7.11 Å². The van der Waals surface area contributed by atoms with E-state index >= 15 is 0 Å². The number of nitrogens with one attached hydrogen (secondary N) is 1. The minimum absolute atomic E-state index is 0.0269. The van der Waals surface area contributed by atoms with Gasteiger partial charge in [0, 0.05) is 19.5 Å². The van der Waals surface area contributed by atoms with E-state index in [4.69, 9.17) is 10.5 Å². The molecule has 0 unspecified atom stereocenters. The molecule has 4 heteroatoms. The van der Waals surface area contributed by atoms with Crippen LogP contribution in [0.5, 0.6) is 5.75 Å². The minimum atomic E-state index is 0.0269. The summed E-state index contributed by atoms with van der Waals surface area (Å²) in [6, 6.07) is 5.98. The van der Waals surface area contributed by atoms with Crippen LogP contribution in [0.1, 0.15) is 17.5 Å². The topological polar surface area (TPSA) is 64.3 Å². The maximum atomic E-state index is 11.5. The second-order valence-electron chi connectivity index (χ2n) is 3.95. The lowest BCUT2D eigenvalue weighted by Crippen LogP contribution is -2.29. The van der Waals surface area contributed by atoms with Gasteiger partial charge in [0.05, 0.1) is 7.11 Å². The average molecular weight is 236 g/mol. The number of methoxy groups -OCH3 is 1. The zero-order chi connectivity index (χ0) is 12.7. The van der Waals surface area contributed by atoms with Crippen molar-refractivity contribution in [3.8, 4) is 5.75 Å². The van der Waals surface area contributed by atoms with Crippen molar-refractivity contribution in [3.63, 3.8) is 0 Å². The van der Waals surface area contributed by atoms with Crippen LogP contribution in [-0.2, 0) is 11.2 Å². The first-order valence-electron chi connectivity index (χ1n) is 5.77. The van der Waals surface area contributed by atoms with Gasteiger partial charge in [0.1, 0.15) is 5.75 Å². The van der Waals surface area contributed by atoms with E-state index in [1.807, 2.05) is 19.1 Å². The van der Waals surface area contributed by atoms with E-state index in [0.717, 1.165) is 11.3 Å². The molecule has 0 aliphatic rings. The van der Waals surface area contributed by atoms with Gasteiger partial charge in [0.15, 0.2) is 0 Å². The van der Waals surface area contributed by atoms with Crippen molar-refractivity contribution in [2.45, 2.75) is 19.8 Å². The number of hydrogen-bond donors (Lipinski definition) is 2. The van der Waals surface area contributed by atoms with Gasteiger partial charge in [-0.25, -0.2) is 0 Å². The largest absolute Gasteiger partial charge is 0.496 e. The molecule has 0 atom stereocenters. The highest BCUT2D eigenvalue weighted by atomic mass is 16.5. The van der Waals surface area contributed by atoms with Crippen LogP contribution in [0.2, 0.25) is 0 Å². The molecule has 1 aromatic rings. The minimum Gasteiger partial charge on any atom is -0.496 e. The SMILES string of the molecule is COc1ccc(C)cc1CCC(=O)NCCN. The summed E-state index contributed by atoms with van der Waals surface area (Å²) in [7, 11) is 1.64. The van der Waals surface area contributed by atoms with Gasteiger partial charge in [-0.15, -0.1) is 0 Å². The van der Waals surface area contributed by atoms with Gasteiger partial charge < -0.3 is 15.8 Å². The first kappa shape index (κ1) is 13.5. The lowest BCUT2D eigenvalue weighted by molar-refractivity contribution is -0.120. The molecule has 0 spiro atoms. The lowest BCUT2D eigenvalue weighted by Gasteiger charge is -2.09. The van der Waals surface area contributed by atoms with E-state index in [-0.39, 0.29) is 5.91 Å². The van der Waals surface area contributed by atoms with Crippen LogP contribution in [0.15, 0.2) is 18.2 Å². The molecular formula is C13H20N2O2. The summed E-state index contributed by atoms with van der Waals surface area (Å²) in [5, 5.41) is 2.75. The highest BCUT2D eigenvalue weighted by Gasteiger charge is 2.06. The Balaban J connectivity index is 2.56. The molecule has 0 fully saturated rings. The number of hydrogen-bond acceptors (Lipinski definition) is 3. The summed E-state index contributed by atoms with van der Waals surface area (Å²) < 4.78 is 5.26. The van der Waals surface area contributed by atoms with Gasteiger partial charge in [-0.1, -0.05) is 17.7 Å². The number of ether oxygens (including phenoxy) is 1. The quantitative estimate of drug-likeness (QED) is 0.775. The Morgan fingerprint density at radius 3 is 2.88 bits per heavy atom. The predicted molar refractivity (Wildman–Crippen MR) is 68.1 cm³/mol. The number of nitrogens with two attached hydrogens (primary N) is 1. The maximum Gasteiger partial charge on any atom is 0.220 e. The number of rotatable bonds is 6. The number of carbonyl (C=O) groups excluding carboxylic acids is 1. The molecule has 0 heterocycles.